The zero-order valence-electron chi connectivity index (χ0n) is 16.3. The monoisotopic (exact) mass is 415 g/mol. The van der Waals surface area contributed by atoms with Crippen LogP contribution in [0.5, 0.6) is 0 Å². The highest BCUT2D eigenvalue weighted by Crippen LogP contribution is 2.31. The van der Waals surface area contributed by atoms with Gasteiger partial charge in [-0.1, -0.05) is 12.1 Å². The molecule has 2 aromatic rings. The minimum atomic E-state index is -4.52. The number of nitriles is 1. The highest BCUT2D eigenvalue weighted by Gasteiger charge is 2.30. The number of hydrogen-bond acceptors (Lipinski definition) is 4. The van der Waals surface area contributed by atoms with Crippen LogP contribution >= 0.6 is 0 Å². The molecular formula is C22H20F3N3O2. The number of nitrogens with one attached hydrogen (secondary N) is 1. The van der Waals surface area contributed by atoms with E-state index in [1.54, 1.807) is 6.07 Å². The fraction of sp³-hybridized carbons (Fsp3) is 0.273. The number of morpholine rings is 1. The van der Waals surface area contributed by atoms with Gasteiger partial charge in [0.15, 0.2) is 0 Å². The first kappa shape index (κ1) is 21.4. The normalized spacial score (nSPS) is 14.9. The molecule has 0 unspecified atom stereocenters. The van der Waals surface area contributed by atoms with E-state index >= 15 is 0 Å². The number of carbonyl (C=O) groups is 1. The van der Waals surface area contributed by atoms with Crippen LogP contribution in [0.2, 0.25) is 0 Å². The molecule has 8 heteroatoms. The molecule has 0 spiro atoms. The Morgan fingerprint density at radius 3 is 2.57 bits per heavy atom. The van der Waals surface area contributed by atoms with E-state index in [2.05, 4.69) is 10.2 Å². The summed E-state index contributed by atoms with van der Waals surface area (Å²) < 4.78 is 43.9. The molecule has 5 nitrogen and oxygen atoms in total. The van der Waals surface area contributed by atoms with Crippen molar-refractivity contribution in [1.29, 1.82) is 5.26 Å². The molecule has 0 radical (unpaired) electrons. The molecule has 1 aliphatic rings. The second-order valence-corrected chi connectivity index (χ2v) is 6.85. The van der Waals surface area contributed by atoms with Crippen molar-refractivity contribution < 1.29 is 22.7 Å². The van der Waals surface area contributed by atoms with Crippen molar-refractivity contribution >= 4 is 23.4 Å². The van der Waals surface area contributed by atoms with Gasteiger partial charge in [0.25, 0.3) is 5.91 Å². The summed E-state index contributed by atoms with van der Waals surface area (Å²) in [6, 6.07) is 11.7. The smallest absolute Gasteiger partial charge is 0.378 e. The summed E-state index contributed by atoms with van der Waals surface area (Å²) in [6.07, 6.45) is -3.10. The molecule has 0 aromatic heterocycles. The summed E-state index contributed by atoms with van der Waals surface area (Å²) in [5.74, 6) is -0.772. The van der Waals surface area contributed by atoms with E-state index in [-0.39, 0.29) is 11.3 Å². The second-order valence-electron chi connectivity index (χ2n) is 6.85. The zero-order chi connectivity index (χ0) is 21.7. The van der Waals surface area contributed by atoms with Gasteiger partial charge in [0.1, 0.15) is 11.6 Å². The van der Waals surface area contributed by atoms with Crippen molar-refractivity contribution in [2.75, 3.05) is 36.5 Å². The number of hydrogen-bond donors (Lipinski definition) is 1. The lowest BCUT2D eigenvalue weighted by Crippen LogP contribution is -2.36. The topological polar surface area (TPSA) is 65.4 Å². The average molecular weight is 415 g/mol. The first-order valence-electron chi connectivity index (χ1n) is 9.31. The minimum Gasteiger partial charge on any atom is -0.378 e. The first-order valence-corrected chi connectivity index (χ1v) is 9.31. The molecule has 0 atom stereocenters. The first-order chi connectivity index (χ1) is 14.3. The SMILES string of the molecule is Cc1cc(/C=C(/C#N)C(=O)Nc2cccc(C(F)(F)F)c2)ccc1N1CCOCC1. The Morgan fingerprint density at radius 2 is 1.93 bits per heavy atom. The predicted molar refractivity (Wildman–Crippen MR) is 108 cm³/mol. The van der Waals surface area contributed by atoms with Crippen LogP contribution in [-0.2, 0) is 15.7 Å². The molecule has 1 N–H and O–H groups in total. The number of anilines is 2. The van der Waals surface area contributed by atoms with Gasteiger partial charge in [0.2, 0.25) is 0 Å². The van der Waals surface area contributed by atoms with Gasteiger partial charge < -0.3 is 15.0 Å². The van der Waals surface area contributed by atoms with E-state index in [1.165, 1.54) is 18.2 Å². The fourth-order valence-corrected chi connectivity index (χ4v) is 3.21. The van der Waals surface area contributed by atoms with Gasteiger partial charge in [-0.2, -0.15) is 18.4 Å². The molecule has 156 valence electrons. The Hall–Kier alpha value is -3.31. The Labute approximate surface area is 172 Å². The van der Waals surface area contributed by atoms with E-state index in [0.29, 0.717) is 18.8 Å². The van der Waals surface area contributed by atoms with Crippen LogP contribution in [0.25, 0.3) is 6.08 Å². The van der Waals surface area contributed by atoms with Gasteiger partial charge in [-0.15, -0.1) is 0 Å². The van der Waals surface area contributed by atoms with Crippen molar-refractivity contribution in [3.05, 3.63) is 64.7 Å². The standard InChI is InChI=1S/C22H20F3N3O2/c1-15-11-16(5-6-20(15)28-7-9-30-10-8-28)12-17(14-26)21(29)27-19-4-2-3-18(13-19)22(23,24)25/h2-6,11-13H,7-10H2,1H3,(H,27,29)/b17-12-. The van der Waals surface area contributed by atoms with Gasteiger partial charge in [0.05, 0.1) is 18.8 Å². The van der Waals surface area contributed by atoms with Gasteiger partial charge in [-0.3, -0.25) is 4.79 Å². The lowest BCUT2D eigenvalue weighted by atomic mass is 10.1. The number of benzene rings is 2. The highest BCUT2D eigenvalue weighted by molar-refractivity contribution is 6.09. The summed E-state index contributed by atoms with van der Waals surface area (Å²) in [6.45, 7) is 4.85. The van der Waals surface area contributed by atoms with Crippen molar-refractivity contribution in [1.82, 2.24) is 0 Å². The molecule has 1 fully saturated rings. The van der Waals surface area contributed by atoms with Crippen LogP contribution in [0.15, 0.2) is 48.0 Å². The Bertz CT molecular complexity index is 1000. The van der Waals surface area contributed by atoms with E-state index < -0.39 is 17.6 Å². The fourth-order valence-electron chi connectivity index (χ4n) is 3.21. The van der Waals surface area contributed by atoms with Gasteiger partial charge >= 0.3 is 6.18 Å². The number of rotatable bonds is 4. The molecule has 30 heavy (non-hydrogen) atoms. The molecule has 3 rings (SSSR count). The Morgan fingerprint density at radius 1 is 1.20 bits per heavy atom. The number of ether oxygens (including phenoxy) is 1. The van der Waals surface area contributed by atoms with Gasteiger partial charge in [-0.05, 0) is 54.5 Å². The Kier molecular flexibility index (Phi) is 6.43. The number of halogens is 3. The van der Waals surface area contributed by atoms with Crippen LogP contribution in [0.4, 0.5) is 24.5 Å². The maximum atomic E-state index is 12.8. The lowest BCUT2D eigenvalue weighted by molar-refractivity contribution is -0.137. The zero-order valence-corrected chi connectivity index (χ0v) is 16.3. The van der Waals surface area contributed by atoms with Crippen LogP contribution in [-0.4, -0.2) is 32.2 Å². The second kappa shape index (κ2) is 9.01. The highest BCUT2D eigenvalue weighted by atomic mass is 19.4. The molecule has 0 saturated carbocycles. The molecule has 1 saturated heterocycles. The molecule has 2 aromatic carbocycles. The average Bonchev–Trinajstić information content (AvgIpc) is 2.72. The molecule has 1 amide bonds. The maximum absolute atomic E-state index is 12.8. The summed E-state index contributed by atoms with van der Waals surface area (Å²) in [4.78, 5) is 14.6. The number of aryl methyl sites for hydroxylation is 1. The maximum Gasteiger partial charge on any atom is 0.416 e. The van der Waals surface area contributed by atoms with E-state index in [0.717, 1.165) is 36.5 Å². The minimum absolute atomic E-state index is 0.0326. The van der Waals surface area contributed by atoms with Crippen LogP contribution in [0, 0.1) is 18.3 Å². The third kappa shape index (κ3) is 5.19. The summed E-state index contributed by atoms with van der Waals surface area (Å²) in [5.41, 5.74) is 1.58. The van der Waals surface area contributed by atoms with Crippen molar-refractivity contribution in [3.8, 4) is 6.07 Å². The van der Waals surface area contributed by atoms with Crippen molar-refractivity contribution in [2.24, 2.45) is 0 Å². The molecule has 0 bridgehead atoms. The third-order valence-electron chi connectivity index (χ3n) is 4.70. The summed E-state index contributed by atoms with van der Waals surface area (Å²) in [5, 5.41) is 11.7. The third-order valence-corrected chi connectivity index (χ3v) is 4.70. The molecule has 1 heterocycles. The predicted octanol–water partition coefficient (Wildman–Crippen LogP) is 4.40. The number of carbonyl (C=O) groups excluding carboxylic acids is 1. The number of alkyl halides is 3. The van der Waals surface area contributed by atoms with Gasteiger partial charge in [0, 0.05) is 24.5 Å². The van der Waals surface area contributed by atoms with E-state index in [1.807, 2.05) is 25.1 Å². The lowest BCUT2D eigenvalue weighted by Gasteiger charge is -2.30. The molecule has 0 aliphatic carbocycles. The number of amides is 1. The molecule has 1 aliphatic heterocycles. The van der Waals surface area contributed by atoms with E-state index in [4.69, 9.17) is 4.74 Å². The molecular weight excluding hydrogens is 395 g/mol. The number of nitrogens with zero attached hydrogens (tertiary/aromatic N) is 2. The summed E-state index contributed by atoms with van der Waals surface area (Å²) >= 11 is 0. The Balaban J connectivity index is 1.77. The van der Waals surface area contributed by atoms with Crippen LogP contribution < -0.4 is 10.2 Å². The van der Waals surface area contributed by atoms with Crippen molar-refractivity contribution in [2.45, 2.75) is 13.1 Å². The van der Waals surface area contributed by atoms with E-state index in [9.17, 15) is 23.2 Å². The van der Waals surface area contributed by atoms with Crippen LogP contribution in [0.3, 0.4) is 0 Å². The summed E-state index contributed by atoms with van der Waals surface area (Å²) in [7, 11) is 0. The largest absolute Gasteiger partial charge is 0.416 e. The van der Waals surface area contributed by atoms with Crippen molar-refractivity contribution in [3.63, 3.8) is 0 Å². The quantitative estimate of drug-likeness (QED) is 0.594. The van der Waals surface area contributed by atoms with Gasteiger partial charge in [-0.25, -0.2) is 0 Å². The van der Waals surface area contributed by atoms with Crippen LogP contribution in [0.1, 0.15) is 16.7 Å².